The predicted octanol–water partition coefficient (Wildman–Crippen LogP) is 2.53. The van der Waals surface area contributed by atoms with E-state index < -0.39 is 0 Å². The van der Waals surface area contributed by atoms with Crippen molar-refractivity contribution in [2.45, 2.75) is 27.2 Å². The molecule has 1 rings (SSSR count). The number of rotatable bonds is 5. The molecule has 0 saturated heterocycles. The van der Waals surface area contributed by atoms with Crippen LogP contribution in [0.25, 0.3) is 0 Å². The van der Waals surface area contributed by atoms with Gasteiger partial charge in [-0.15, -0.1) is 0 Å². The highest BCUT2D eigenvalue weighted by molar-refractivity contribution is 6.31. The molecule has 0 saturated carbocycles. The Hall–Kier alpha value is -1.55. The number of benzene rings is 1. The molecule has 0 spiro atoms. The molecule has 104 valence electrons. The molecule has 0 unspecified atom stereocenters. The van der Waals surface area contributed by atoms with E-state index in [4.69, 9.17) is 11.6 Å². The second kappa shape index (κ2) is 7.14. The van der Waals surface area contributed by atoms with E-state index >= 15 is 0 Å². The van der Waals surface area contributed by atoms with E-state index in [-0.39, 0.29) is 18.4 Å². The van der Waals surface area contributed by atoms with Crippen molar-refractivity contribution in [1.29, 1.82) is 0 Å². The third-order valence-corrected chi connectivity index (χ3v) is 3.13. The molecule has 1 N–H and O–H groups in total. The van der Waals surface area contributed by atoms with E-state index in [0.717, 1.165) is 12.0 Å². The molecule has 0 heterocycles. The molecular formula is C14H19ClN2O2. The van der Waals surface area contributed by atoms with Crippen LogP contribution in [-0.2, 0) is 9.59 Å². The molecule has 1 aromatic carbocycles. The average Bonchev–Trinajstić information content (AvgIpc) is 2.36. The van der Waals surface area contributed by atoms with Gasteiger partial charge in [0.2, 0.25) is 11.8 Å². The third kappa shape index (κ3) is 4.56. The number of aryl methyl sites for hydroxylation is 1. The number of halogens is 1. The minimum Gasteiger partial charge on any atom is -0.355 e. The van der Waals surface area contributed by atoms with Crippen LogP contribution >= 0.6 is 11.6 Å². The van der Waals surface area contributed by atoms with Gasteiger partial charge in [0.05, 0.1) is 0 Å². The van der Waals surface area contributed by atoms with Crippen LogP contribution in [0.2, 0.25) is 5.02 Å². The molecule has 1 aromatic rings. The summed E-state index contributed by atoms with van der Waals surface area (Å²) < 4.78 is 0. The average molecular weight is 283 g/mol. The van der Waals surface area contributed by atoms with E-state index in [1.54, 1.807) is 12.1 Å². The largest absolute Gasteiger partial charge is 0.355 e. The van der Waals surface area contributed by atoms with Crippen LogP contribution < -0.4 is 10.2 Å². The lowest BCUT2D eigenvalue weighted by molar-refractivity contribution is -0.123. The number of carbonyl (C=O) groups excluding carboxylic acids is 2. The number of hydrogen-bond donors (Lipinski definition) is 1. The maximum atomic E-state index is 11.7. The summed E-state index contributed by atoms with van der Waals surface area (Å²) in [7, 11) is 0. The Morgan fingerprint density at radius 1 is 1.37 bits per heavy atom. The molecule has 0 bridgehead atoms. The zero-order chi connectivity index (χ0) is 14.4. The highest BCUT2D eigenvalue weighted by Crippen LogP contribution is 2.23. The second-order valence-corrected chi connectivity index (χ2v) is 4.80. The molecule has 0 aliphatic carbocycles. The van der Waals surface area contributed by atoms with Crippen molar-refractivity contribution in [3.63, 3.8) is 0 Å². The van der Waals surface area contributed by atoms with Crippen molar-refractivity contribution in [2.24, 2.45) is 0 Å². The Bertz CT molecular complexity index is 475. The summed E-state index contributed by atoms with van der Waals surface area (Å²) in [6.45, 7) is 5.91. The Morgan fingerprint density at radius 2 is 2.05 bits per heavy atom. The van der Waals surface area contributed by atoms with Gasteiger partial charge < -0.3 is 10.2 Å². The fourth-order valence-corrected chi connectivity index (χ4v) is 1.77. The van der Waals surface area contributed by atoms with E-state index in [9.17, 15) is 9.59 Å². The summed E-state index contributed by atoms with van der Waals surface area (Å²) in [5, 5.41) is 3.33. The van der Waals surface area contributed by atoms with Crippen LogP contribution in [0.4, 0.5) is 5.69 Å². The molecular weight excluding hydrogens is 264 g/mol. The van der Waals surface area contributed by atoms with Crippen LogP contribution in [0.1, 0.15) is 25.8 Å². The van der Waals surface area contributed by atoms with Crippen molar-refractivity contribution in [3.05, 3.63) is 28.8 Å². The summed E-state index contributed by atoms with van der Waals surface area (Å²) >= 11 is 6.04. The molecule has 4 nitrogen and oxygen atoms in total. The SMILES string of the molecule is CCCNC(=O)CN(C(C)=O)c1ccc(C)c(Cl)c1. The van der Waals surface area contributed by atoms with Crippen molar-refractivity contribution in [3.8, 4) is 0 Å². The monoisotopic (exact) mass is 282 g/mol. The lowest BCUT2D eigenvalue weighted by Crippen LogP contribution is -2.40. The summed E-state index contributed by atoms with van der Waals surface area (Å²) in [4.78, 5) is 24.8. The van der Waals surface area contributed by atoms with Crippen LogP contribution in [0.15, 0.2) is 18.2 Å². The standard InChI is InChI=1S/C14H19ClN2O2/c1-4-7-16-14(19)9-17(11(3)18)12-6-5-10(2)13(15)8-12/h5-6,8H,4,7,9H2,1-3H3,(H,16,19). The molecule has 0 aromatic heterocycles. The van der Waals surface area contributed by atoms with Crippen molar-refractivity contribution in [2.75, 3.05) is 18.0 Å². The number of amides is 2. The first-order valence-corrected chi connectivity index (χ1v) is 6.64. The fraction of sp³-hybridized carbons (Fsp3) is 0.429. The van der Waals surface area contributed by atoms with Crippen molar-refractivity contribution < 1.29 is 9.59 Å². The van der Waals surface area contributed by atoms with Gasteiger partial charge in [0.15, 0.2) is 0 Å². The van der Waals surface area contributed by atoms with Crippen LogP contribution in [-0.4, -0.2) is 24.9 Å². The third-order valence-electron chi connectivity index (χ3n) is 2.72. The Morgan fingerprint density at radius 3 is 2.58 bits per heavy atom. The van der Waals surface area contributed by atoms with Crippen LogP contribution in [0.3, 0.4) is 0 Å². The molecule has 0 radical (unpaired) electrons. The van der Waals surface area contributed by atoms with E-state index in [1.807, 2.05) is 19.9 Å². The summed E-state index contributed by atoms with van der Waals surface area (Å²) in [5.74, 6) is -0.361. The number of carbonyl (C=O) groups is 2. The summed E-state index contributed by atoms with van der Waals surface area (Å²) in [5.41, 5.74) is 1.57. The highest BCUT2D eigenvalue weighted by atomic mass is 35.5. The Balaban J connectivity index is 2.85. The Kier molecular flexibility index (Phi) is 5.83. The zero-order valence-electron chi connectivity index (χ0n) is 11.5. The molecule has 0 fully saturated rings. The van der Waals surface area contributed by atoms with Gasteiger partial charge in [-0.1, -0.05) is 24.6 Å². The summed E-state index contributed by atoms with van der Waals surface area (Å²) in [6.07, 6.45) is 0.863. The quantitative estimate of drug-likeness (QED) is 0.902. The van der Waals surface area contributed by atoms with Gasteiger partial charge in [-0.2, -0.15) is 0 Å². The van der Waals surface area contributed by atoms with E-state index in [2.05, 4.69) is 5.32 Å². The van der Waals surface area contributed by atoms with Crippen LogP contribution in [0, 0.1) is 6.92 Å². The second-order valence-electron chi connectivity index (χ2n) is 4.39. The van der Waals surface area contributed by atoms with Gasteiger partial charge >= 0.3 is 0 Å². The molecule has 5 heteroatoms. The van der Waals surface area contributed by atoms with Gasteiger partial charge in [-0.25, -0.2) is 0 Å². The number of nitrogens with zero attached hydrogens (tertiary/aromatic N) is 1. The predicted molar refractivity (Wildman–Crippen MR) is 77.5 cm³/mol. The topological polar surface area (TPSA) is 49.4 Å². The normalized spacial score (nSPS) is 10.1. The molecule has 19 heavy (non-hydrogen) atoms. The van der Waals surface area contributed by atoms with Gasteiger partial charge in [-0.3, -0.25) is 9.59 Å². The summed E-state index contributed by atoms with van der Waals surface area (Å²) in [6, 6.07) is 5.32. The minimum absolute atomic E-state index is 0.00865. The molecule has 0 atom stereocenters. The first kappa shape index (κ1) is 15.5. The van der Waals surface area contributed by atoms with E-state index in [0.29, 0.717) is 17.3 Å². The van der Waals surface area contributed by atoms with Crippen LogP contribution in [0.5, 0.6) is 0 Å². The van der Waals surface area contributed by atoms with Gasteiger partial charge in [-0.05, 0) is 31.0 Å². The maximum absolute atomic E-state index is 11.7. The van der Waals surface area contributed by atoms with Gasteiger partial charge in [0, 0.05) is 24.2 Å². The highest BCUT2D eigenvalue weighted by Gasteiger charge is 2.16. The zero-order valence-corrected chi connectivity index (χ0v) is 12.3. The first-order valence-electron chi connectivity index (χ1n) is 6.26. The molecule has 0 aliphatic rings. The fourth-order valence-electron chi connectivity index (χ4n) is 1.60. The number of nitrogens with one attached hydrogen (secondary N) is 1. The number of anilines is 1. The minimum atomic E-state index is -0.188. The number of hydrogen-bond acceptors (Lipinski definition) is 2. The van der Waals surface area contributed by atoms with E-state index in [1.165, 1.54) is 11.8 Å². The first-order chi connectivity index (χ1) is 8.95. The smallest absolute Gasteiger partial charge is 0.240 e. The lowest BCUT2D eigenvalue weighted by atomic mass is 10.2. The lowest BCUT2D eigenvalue weighted by Gasteiger charge is -2.21. The van der Waals surface area contributed by atoms with Crippen molar-refractivity contribution >= 4 is 29.1 Å². The van der Waals surface area contributed by atoms with Gasteiger partial charge in [0.1, 0.15) is 6.54 Å². The maximum Gasteiger partial charge on any atom is 0.240 e. The molecule has 0 aliphatic heterocycles. The Labute approximate surface area is 118 Å². The molecule has 2 amide bonds. The van der Waals surface area contributed by atoms with Gasteiger partial charge in [0.25, 0.3) is 0 Å². The van der Waals surface area contributed by atoms with Crippen molar-refractivity contribution in [1.82, 2.24) is 5.32 Å².